The van der Waals surface area contributed by atoms with E-state index in [0.717, 1.165) is 11.3 Å². The van der Waals surface area contributed by atoms with E-state index in [4.69, 9.17) is 14.0 Å². The number of para-hydroxylation sites is 1. The predicted molar refractivity (Wildman–Crippen MR) is 112 cm³/mol. The molecule has 0 spiro atoms. The summed E-state index contributed by atoms with van der Waals surface area (Å²) >= 11 is 0. The van der Waals surface area contributed by atoms with E-state index in [1.807, 2.05) is 48.5 Å². The molecule has 7 heteroatoms. The second-order valence-corrected chi connectivity index (χ2v) is 6.38. The van der Waals surface area contributed by atoms with Crippen molar-refractivity contribution in [2.75, 3.05) is 19.0 Å². The molecule has 7 nitrogen and oxygen atoms in total. The highest BCUT2D eigenvalue weighted by atomic mass is 16.5. The van der Waals surface area contributed by atoms with Gasteiger partial charge in [-0.15, -0.1) is 0 Å². The van der Waals surface area contributed by atoms with Crippen LogP contribution in [0.2, 0.25) is 0 Å². The van der Waals surface area contributed by atoms with Crippen LogP contribution in [0.15, 0.2) is 83.4 Å². The lowest BCUT2D eigenvalue weighted by molar-refractivity contribution is -0.118. The van der Waals surface area contributed by atoms with Crippen LogP contribution in [0, 0.1) is 0 Å². The number of benzene rings is 3. The van der Waals surface area contributed by atoms with Crippen LogP contribution in [0.3, 0.4) is 0 Å². The van der Waals surface area contributed by atoms with Gasteiger partial charge in [0.25, 0.3) is 11.8 Å². The number of hydrogen-bond acceptors (Lipinski definition) is 6. The first-order chi connectivity index (χ1) is 14.7. The van der Waals surface area contributed by atoms with Crippen LogP contribution < -0.4 is 14.8 Å². The number of carbonyl (C=O) groups excluding carboxylic acids is 1. The highest BCUT2D eigenvalue weighted by Gasteiger charge is 2.12. The number of methoxy groups -OCH3 is 1. The summed E-state index contributed by atoms with van der Waals surface area (Å²) in [5.74, 6) is 1.96. The smallest absolute Gasteiger partial charge is 0.262 e. The topological polar surface area (TPSA) is 86.5 Å². The minimum absolute atomic E-state index is 0.0869. The van der Waals surface area contributed by atoms with E-state index in [1.165, 1.54) is 0 Å². The van der Waals surface area contributed by atoms with Crippen molar-refractivity contribution < 1.29 is 18.8 Å². The number of anilines is 1. The summed E-state index contributed by atoms with van der Waals surface area (Å²) in [7, 11) is 1.61. The van der Waals surface area contributed by atoms with Gasteiger partial charge < -0.3 is 19.3 Å². The second-order valence-electron chi connectivity index (χ2n) is 6.38. The summed E-state index contributed by atoms with van der Waals surface area (Å²) < 4.78 is 16.0. The van der Waals surface area contributed by atoms with Gasteiger partial charge in [-0.25, -0.2) is 0 Å². The quantitative estimate of drug-likeness (QED) is 0.493. The van der Waals surface area contributed by atoms with Gasteiger partial charge in [0.1, 0.15) is 11.5 Å². The van der Waals surface area contributed by atoms with Crippen molar-refractivity contribution in [1.29, 1.82) is 0 Å². The molecule has 0 saturated carbocycles. The number of carbonyl (C=O) groups is 1. The fourth-order valence-corrected chi connectivity index (χ4v) is 2.79. The number of ether oxygens (including phenoxy) is 2. The van der Waals surface area contributed by atoms with E-state index in [1.54, 1.807) is 37.4 Å². The fourth-order valence-electron chi connectivity index (χ4n) is 2.79. The molecule has 4 aromatic rings. The number of nitrogens with one attached hydrogen (secondary N) is 1. The van der Waals surface area contributed by atoms with E-state index in [9.17, 15) is 4.79 Å². The van der Waals surface area contributed by atoms with Crippen LogP contribution in [0.4, 0.5) is 5.69 Å². The van der Waals surface area contributed by atoms with E-state index >= 15 is 0 Å². The molecule has 0 radical (unpaired) electrons. The number of amides is 1. The van der Waals surface area contributed by atoms with E-state index < -0.39 is 0 Å². The Balaban J connectivity index is 1.43. The van der Waals surface area contributed by atoms with Crippen molar-refractivity contribution in [2.24, 2.45) is 0 Å². The van der Waals surface area contributed by atoms with Crippen molar-refractivity contribution in [3.63, 3.8) is 0 Å². The molecule has 0 unspecified atom stereocenters. The Morgan fingerprint density at radius 3 is 2.50 bits per heavy atom. The average molecular weight is 401 g/mol. The lowest BCUT2D eigenvalue weighted by atomic mass is 10.2. The molecular formula is C23H19N3O4. The fraction of sp³-hybridized carbons (Fsp3) is 0.0870. The highest BCUT2D eigenvalue weighted by molar-refractivity contribution is 5.92. The minimum atomic E-state index is -0.263. The van der Waals surface area contributed by atoms with Gasteiger partial charge in [0.2, 0.25) is 5.82 Å². The molecule has 3 aromatic carbocycles. The molecule has 0 atom stereocenters. The van der Waals surface area contributed by atoms with Gasteiger partial charge >= 0.3 is 0 Å². The van der Waals surface area contributed by atoms with Gasteiger partial charge in [0, 0.05) is 16.8 Å². The zero-order chi connectivity index (χ0) is 20.8. The van der Waals surface area contributed by atoms with Crippen molar-refractivity contribution in [3.05, 3.63) is 78.9 Å². The Hall–Kier alpha value is -4.13. The lowest BCUT2D eigenvalue weighted by Gasteiger charge is -2.08. The van der Waals surface area contributed by atoms with Crippen molar-refractivity contribution >= 4 is 11.6 Å². The monoisotopic (exact) mass is 401 g/mol. The summed E-state index contributed by atoms with van der Waals surface area (Å²) in [6.45, 7) is -0.0869. The first-order valence-corrected chi connectivity index (χ1v) is 9.27. The van der Waals surface area contributed by atoms with Gasteiger partial charge in [-0.3, -0.25) is 4.79 Å². The molecule has 30 heavy (non-hydrogen) atoms. The Morgan fingerprint density at radius 2 is 1.73 bits per heavy atom. The average Bonchev–Trinajstić information content (AvgIpc) is 3.29. The maximum atomic E-state index is 12.2. The van der Waals surface area contributed by atoms with E-state index in [0.29, 0.717) is 28.7 Å². The van der Waals surface area contributed by atoms with Crippen LogP contribution in [0.1, 0.15) is 0 Å². The van der Waals surface area contributed by atoms with Crippen LogP contribution in [-0.2, 0) is 4.79 Å². The third-order valence-corrected chi connectivity index (χ3v) is 4.28. The molecule has 0 bridgehead atoms. The molecular weight excluding hydrogens is 382 g/mol. The van der Waals surface area contributed by atoms with Crippen LogP contribution in [-0.4, -0.2) is 29.8 Å². The molecule has 0 fully saturated rings. The summed E-state index contributed by atoms with van der Waals surface area (Å²) in [6, 6.07) is 23.7. The summed E-state index contributed by atoms with van der Waals surface area (Å²) in [6.07, 6.45) is 0. The van der Waals surface area contributed by atoms with Crippen LogP contribution >= 0.6 is 0 Å². The molecule has 4 rings (SSSR count). The number of nitrogens with zero attached hydrogens (tertiary/aromatic N) is 2. The number of hydrogen-bond donors (Lipinski definition) is 1. The SMILES string of the molecule is COc1ccc(-c2noc(-c3cccc(NC(=O)COc4ccccc4)c3)n2)cc1. The molecule has 1 N–H and O–H groups in total. The molecule has 0 aliphatic rings. The molecule has 1 aromatic heterocycles. The summed E-state index contributed by atoms with van der Waals surface area (Å²) in [5, 5.41) is 6.84. The van der Waals surface area contributed by atoms with Gasteiger partial charge in [-0.05, 0) is 54.6 Å². The lowest BCUT2D eigenvalue weighted by Crippen LogP contribution is -2.20. The highest BCUT2D eigenvalue weighted by Crippen LogP contribution is 2.25. The second kappa shape index (κ2) is 8.91. The molecule has 1 amide bonds. The molecule has 0 saturated heterocycles. The van der Waals surface area contributed by atoms with Gasteiger partial charge in [-0.2, -0.15) is 4.98 Å². The van der Waals surface area contributed by atoms with Crippen molar-refractivity contribution in [2.45, 2.75) is 0 Å². The molecule has 0 aliphatic heterocycles. The third kappa shape index (κ3) is 4.64. The van der Waals surface area contributed by atoms with Gasteiger partial charge in [-0.1, -0.05) is 29.4 Å². The largest absolute Gasteiger partial charge is 0.497 e. The van der Waals surface area contributed by atoms with Crippen LogP contribution in [0.25, 0.3) is 22.8 Å². The maximum Gasteiger partial charge on any atom is 0.262 e. The Bertz CT molecular complexity index is 1120. The Kier molecular flexibility index (Phi) is 5.70. The van der Waals surface area contributed by atoms with Crippen molar-refractivity contribution in [1.82, 2.24) is 10.1 Å². The normalized spacial score (nSPS) is 10.4. The van der Waals surface area contributed by atoms with Gasteiger partial charge in [0.15, 0.2) is 6.61 Å². The molecule has 150 valence electrons. The van der Waals surface area contributed by atoms with E-state index in [-0.39, 0.29) is 12.5 Å². The summed E-state index contributed by atoms with van der Waals surface area (Å²) in [5.41, 5.74) is 2.12. The summed E-state index contributed by atoms with van der Waals surface area (Å²) in [4.78, 5) is 16.6. The standard InChI is InChI=1S/C23H19N3O4/c1-28-19-12-10-16(11-13-19)22-25-23(30-26-22)17-6-5-7-18(14-17)24-21(27)15-29-20-8-3-2-4-9-20/h2-14H,15H2,1H3,(H,24,27). The minimum Gasteiger partial charge on any atom is -0.497 e. The van der Waals surface area contributed by atoms with Crippen LogP contribution in [0.5, 0.6) is 11.5 Å². The molecule has 1 heterocycles. The Labute approximate surface area is 173 Å². The first kappa shape index (κ1) is 19.2. The third-order valence-electron chi connectivity index (χ3n) is 4.28. The van der Waals surface area contributed by atoms with Crippen molar-refractivity contribution in [3.8, 4) is 34.3 Å². The Morgan fingerprint density at radius 1 is 0.933 bits per heavy atom. The predicted octanol–water partition coefficient (Wildman–Crippen LogP) is 4.43. The van der Waals surface area contributed by atoms with E-state index in [2.05, 4.69) is 15.5 Å². The van der Waals surface area contributed by atoms with Gasteiger partial charge in [0.05, 0.1) is 7.11 Å². The maximum absolute atomic E-state index is 12.2. The number of rotatable bonds is 7. The first-order valence-electron chi connectivity index (χ1n) is 9.27. The zero-order valence-electron chi connectivity index (χ0n) is 16.2. The zero-order valence-corrected chi connectivity index (χ0v) is 16.2. The molecule has 0 aliphatic carbocycles. The number of aromatic nitrogens is 2.